The highest BCUT2D eigenvalue weighted by atomic mass is 19.2. The number of nitrogens with zero attached hydrogens (tertiary/aromatic N) is 1. The van der Waals surface area contributed by atoms with Crippen molar-refractivity contribution < 1.29 is 18.7 Å². The summed E-state index contributed by atoms with van der Waals surface area (Å²) in [6, 6.07) is 11.5. The molecule has 2 aromatic carbocycles. The molecule has 2 aromatic rings. The minimum Gasteiger partial charge on any atom is -0.379 e. The van der Waals surface area contributed by atoms with Crippen LogP contribution in [0.4, 0.5) is 8.78 Å². The number of halogens is 2. The first-order chi connectivity index (χ1) is 12.9. The molecule has 0 spiro atoms. The van der Waals surface area contributed by atoms with Gasteiger partial charge in [0.15, 0.2) is 17.2 Å². The van der Waals surface area contributed by atoms with Crippen LogP contribution in [0.15, 0.2) is 42.5 Å². The fraction of sp³-hybridized carbons (Fsp3) is 0.381. The number of aliphatic hydroxyl groups is 1. The van der Waals surface area contributed by atoms with Crippen LogP contribution in [0.1, 0.15) is 29.5 Å². The van der Waals surface area contributed by atoms with Gasteiger partial charge in [0, 0.05) is 26.2 Å². The van der Waals surface area contributed by atoms with Crippen molar-refractivity contribution >= 4 is 5.91 Å². The van der Waals surface area contributed by atoms with Crippen molar-refractivity contribution in [3.05, 3.63) is 70.8 Å². The average molecular weight is 374 g/mol. The molecular formula is C21H24F2N2O2. The summed E-state index contributed by atoms with van der Waals surface area (Å²) < 4.78 is 26.5. The molecule has 3 rings (SSSR count). The lowest BCUT2D eigenvalue weighted by Crippen LogP contribution is -2.57. The Hall–Kier alpha value is -2.31. The molecular weight excluding hydrogens is 350 g/mol. The fourth-order valence-corrected chi connectivity index (χ4v) is 3.45. The van der Waals surface area contributed by atoms with Gasteiger partial charge in [0.05, 0.1) is 0 Å². The van der Waals surface area contributed by atoms with Gasteiger partial charge in [0.1, 0.15) is 0 Å². The topological polar surface area (TPSA) is 52.6 Å². The van der Waals surface area contributed by atoms with Gasteiger partial charge in [-0.15, -0.1) is 0 Å². The predicted octanol–water partition coefficient (Wildman–Crippen LogP) is 2.92. The molecule has 0 radical (unpaired) electrons. The SMILES string of the molecule is Cc1ccccc1CNC[C@@]1(O)CCCN(Cc2ccc(F)c(F)c2)C1=O. The van der Waals surface area contributed by atoms with Crippen molar-refractivity contribution in [2.75, 3.05) is 13.1 Å². The maximum atomic E-state index is 13.4. The van der Waals surface area contributed by atoms with Gasteiger partial charge in [-0.25, -0.2) is 8.78 Å². The van der Waals surface area contributed by atoms with E-state index in [9.17, 15) is 18.7 Å². The predicted molar refractivity (Wildman–Crippen MR) is 98.8 cm³/mol. The number of carbonyl (C=O) groups is 1. The highest BCUT2D eigenvalue weighted by Crippen LogP contribution is 2.24. The summed E-state index contributed by atoms with van der Waals surface area (Å²) in [5.74, 6) is -2.23. The maximum Gasteiger partial charge on any atom is 0.256 e. The number of hydrogen-bond acceptors (Lipinski definition) is 3. The summed E-state index contributed by atoms with van der Waals surface area (Å²) >= 11 is 0. The number of amides is 1. The summed E-state index contributed by atoms with van der Waals surface area (Å²) in [7, 11) is 0. The van der Waals surface area contributed by atoms with Crippen LogP contribution in [-0.4, -0.2) is 34.6 Å². The highest BCUT2D eigenvalue weighted by molar-refractivity contribution is 5.86. The third-order valence-electron chi connectivity index (χ3n) is 5.06. The third kappa shape index (κ3) is 4.51. The van der Waals surface area contributed by atoms with E-state index >= 15 is 0 Å². The molecule has 1 aliphatic rings. The molecule has 0 aliphatic carbocycles. The smallest absolute Gasteiger partial charge is 0.256 e. The van der Waals surface area contributed by atoms with E-state index in [2.05, 4.69) is 5.32 Å². The number of rotatable bonds is 6. The standard InChI is InChI=1S/C21H24F2N2O2/c1-15-5-2-3-6-17(15)12-24-14-21(27)9-4-10-25(20(21)26)13-16-7-8-18(22)19(23)11-16/h2-3,5-8,11,24,27H,4,9-10,12-14H2,1H3/t21-/m0/s1. The summed E-state index contributed by atoms with van der Waals surface area (Å²) in [6.07, 6.45) is 1.03. The van der Waals surface area contributed by atoms with Crippen molar-refractivity contribution in [3.63, 3.8) is 0 Å². The van der Waals surface area contributed by atoms with Crippen LogP contribution < -0.4 is 5.32 Å². The molecule has 1 heterocycles. The number of hydrogen-bond donors (Lipinski definition) is 2. The highest BCUT2D eigenvalue weighted by Gasteiger charge is 2.41. The van der Waals surface area contributed by atoms with E-state index in [1.807, 2.05) is 31.2 Å². The monoisotopic (exact) mass is 374 g/mol. The third-order valence-corrected chi connectivity index (χ3v) is 5.06. The second-order valence-corrected chi connectivity index (χ2v) is 7.14. The van der Waals surface area contributed by atoms with E-state index in [0.29, 0.717) is 31.5 Å². The first-order valence-corrected chi connectivity index (χ1v) is 9.10. The maximum absolute atomic E-state index is 13.4. The van der Waals surface area contributed by atoms with Crippen molar-refractivity contribution in [2.45, 2.75) is 38.5 Å². The summed E-state index contributed by atoms with van der Waals surface area (Å²) in [5.41, 5.74) is 1.27. The molecule has 1 aliphatic heterocycles. The second-order valence-electron chi connectivity index (χ2n) is 7.14. The van der Waals surface area contributed by atoms with E-state index in [1.165, 1.54) is 11.0 Å². The van der Waals surface area contributed by atoms with Crippen LogP contribution in [0.5, 0.6) is 0 Å². The van der Waals surface area contributed by atoms with E-state index in [-0.39, 0.29) is 19.0 Å². The minimum atomic E-state index is -1.49. The number of aryl methyl sites for hydroxylation is 1. The largest absolute Gasteiger partial charge is 0.379 e. The van der Waals surface area contributed by atoms with Gasteiger partial charge >= 0.3 is 0 Å². The zero-order chi connectivity index (χ0) is 19.4. The average Bonchev–Trinajstić information content (AvgIpc) is 2.64. The Labute approximate surface area is 157 Å². The van der Waals surface area contributed by atoms with Crippen molar-refractivity contribution in [3.8, 4) is 0 Å². The van der Waals surface area contributed by atoms with Crippen LogP contribution in [0, 0.1) is 18.6 Å². The zero-order valence-corrected chi connectivity index (χ0v) is 15.3. The Balaban J connectivity index is 1.62. The molecule has 144 valence electrons. The number of piperidine rings is 1. The van der Waals surface area contributed by atoms with Gasteiger partial charge < -0.3 is 15.3 Å². The molecule has 2 N–H and O–H groups in total. The van der Waals surface area contributed by atoms with Gasteiger partial charge in [0.2, 0.25) is 0 Å². The molecule has 0 bridgehead atoms. The van der Waals surface area contributed by atoms with Crippen LogP contribution in [0.25, 0.3) is 0 Å². The molecule has 0 saturated carbocycles. The lowest BCUT2D eigenvalue weighted by molar-refractivity contribution is -0.157. The van der Waals surface area contributed by atoms with Gasteiger partial charge in [-0.3, -0.25) is 4.79 Å². The number of carbonyl (C=O) groups excluding carboxylic acids is 1. The molecule has 1 fully saturated rings. The van der Waals surface area contributed by atoms with Gasteiger partial charge in [-0.2, -0.15) is 0 Å². The molecule has 1 amide bonds. The molecule has 27 heavy (non-hydrogen) atoms. The quantitative estimate of drug-likeness (QED) is 0.818. The van der Waals surface area contributed by atoms with E-state index in [1.54, 1.807) is 0 Å². The first kappa shape index (κ1) is 19.5. The Bertz CT molecular complexity index is 828. The van der Waals surface area contributed by atoms with Crippen molar-refractivity contribution in [1.82, 2.24) is 10.2 Å². The van der Waals surface area contributed by atoms with E-state index in [4.69, 9.17) is 0 Å². The fourth-order valence-electron chi connectivity index (χ4n) is 3.45. The van der Waals surface area contributed by atoms with Crippen molar-refractivity contribution in [2.24, 2.45) is 0 Å². The molecule has 0 aromatic heterocycles. The zero-order valence-electron chi connectivity index (χ0n) is 15.3. The van der Waals surface area contributed by atoms with Gasteiger partial charge in [-0.1, -0.05) is 30.3 Å². The molecule has 0 unspecified atom stereocenters. The lowest BCUT2D eigenvalue weighted by Gasteiger charge is -2.38. The Morgan fingerprint density at radius 3 is 2.70 bits per heavy atom. The minimum absolute atomic E-state index is 0.147. The van der Waals surface area contributed by atoms with Crippen LogP contribution in [0.3, 0.4) is 0 Å². The Morgan fingerprint density at radius 1 is 1.19 bits per heavy atom. The summed E-state index contributed by atoms with van der Waals surface area (Å²) in [6.45, 7) is 3.36. The second kappa shape index (κ2) is 8.15. The molecule has 1 saturated heterocycles. The Morgan fingerprint density at radius 2 is 1.96 bits per heavy atom. The normalized spacial score (nSPS) is 20.1. The van der Waals surface area contributed by atoms with Crippen LogP contribution >= 0.6 is 0 Å². The number of nitrogens with one attached hydrogen (secondary N) is 1. The van der Waals surface area contributed by atoms with Gasteiger partial charge in [0.25, 0.3) is 5.91 Å². The van der Waals surface area contributed by atoms with Gasteiger partial charge in [-0.05, 0) is 48.6 Å². The van der Waals surface area contributed by atoms with Crippen molar-refractivity contribution in [1.29, 1.82) is 0 Å². The lowest BCUT2D eigenvalue weighted by atomic mass is 9.91. The van der Waals surface area contributed by atoms with E-state index < -0.39 is 17.2 Å². The number of benzene rings is 2. The molecule has 1 atom stereocenters. The van der Waals surface area contributed by atoms with Crippen LogP contribution in [0.2, 0.25) is 0 Å². The van der Waals surface area contributed by atoms with Crippen LogP contribution in [-0.2, 0) is 17.9 Å². The Kier molecular flexibility index (Phi) is 5.87. The molecule has 4 nitrogen and oxygen atoms in total. The number of likely N-dealkylation sites (tertiary alicyclic amines) is 1. The summed E-state index contributed by atoms with van der Waals surface area (Å²) in [5, 5.41) is 14.0. The first-order valence-electron chi connectivity index (χ1n) is 9.10. The summed E-state index contributed by atoms with van der Waals surface area (Å²) in [4.78, 5) is 14.3. The van der Waals surface area contributed by atoms with E-state index in [0.717, 1.165) is 23.3 Å². The molecule has 6 heteroatoms.